The van der Waals surface area contributed by atoms with Crippen LogP contribution in [0.3, 0.4) is 0 Å². The minimum atomic E-state index is 0.949. The number of hydrogen-bond acceptors (Lipinski definition) is 2. The van der Waals surface area contributed by atoms with E-state index in [2.05, 4.69) is 112 Å². The number of benzene rings is 6. The van der Waals surface area contributed by atoms with Gasteiger partial charge in [0, 0.05) is 34.1 Å². The zero-order valence-corrected chi connectivity index (χ0v) is 21.8. The van der Waals surface area contributed by atoms with Gasteiger partial charge in [-0.3, -0.25) is 9.97 Å². The van der Waals surface area contributed by atoms with Gasteiger partial charge in [-0.2, -0.15) is 0 Å². The van der Waals surface area contributed by atoms with Crippen LogP contribution < -0.4 is 0 Å². The molecule has 3 heteroatoms. The molecule has 0 bridgehead atoms. The minimum Gasteiger partial charge on any atom is -0.354 e. The van der Waals surface area contributed by atoms with Crippen LogP contribution >= 0.6 is 0 Å². The van der Waals surface area contributed by atoms with Crippen molar-refractivity contribution in [1.29, 1.82) is 0 Å². The molecule has 1 aliphatic carbocycles. The normalized spacial score (nSPS) is 11.9. The molecule has 0 saturated heterocycles. The number of H-pyrrole nitrogens is 1. The highest BCUT2D eigenvalue weighted by atomic mass is 14.8. The second kappa shape index (κ2) is 9.18. The number of nitrogens with one attached hydrogen (secondary N) is 1. The molecule has 6 aromatic carbocycles. The number of nitrogens with zero attached hydrogens (tertiary/aromatic N) is 2. The summed E-state index contributed by atoms with van der Waals surface area (Å²) in [5.41, 5.74) is 12.6. The fourth-order valence-electron chi connectivity index (χ4n) is 6.24. The summed E-state index contributed by atoms with van der Waals surface area (Å²) < 4.78 is 0. The summed E-state index contributed by atoms with van der Waals surface area (Å²) in [6.07, 6.45) is 4.39. The summed E-state index contributed by atoms with van der Waals surface area (Å²) in [5.74, 6) is 0. The van der Waals surface area contributed by atoms with E-state index in [1.807, 2.05) is 24.3 Å². The van der Waals surface area contributed by atoms with Gasteiger partial charge in [0.2, 0.25) is 0 Å². The Morgan fingerprint density at radius 2 is 1.15 bits per heavy atom. The summed E-state index contributed by atoms with van der Waals surface area (Å²) in [6, 6.07) is 43.2. The summed E-state index contributed by atoms with van der Waals surface area (Å²) in [6.45, 7) is 0. The smallest absolute Gasteiger partial charge is 0.0886 e. The lowest BCUT2D eigenvalue weighted by Crippen LogP contribution is -1.90. The summed E-state index contributed by atoms with van der Waals surface area (Å²) in [7, 11) is 0. The maximum absolute atomic E-state index is 4.12. The van der Waals surface area contributed by atoms with Crippen LogP contribution in [0, 0.1) is 0 Å². The molecule has 3 nitrogen and oxygen atoms in total. The average molecular weight is 512 g/mol. The lowest BCUT2D eigenvalue weighted by Gasteiger charge is -2.13. The van der Waals surface area contributed by atoms with Crippen LogP contribution in [-0.2, 0) is 6.42 Å². The molecule has 0 fully saturated rings. The molecular formula is C37H25N3. The zero-order valence-electron chi connectivity index (χ0n) is 21.8. The van der Waals surface area contributed by atoms with Gasteiger partial charge in [0.25, 0.3) is 0 Å². The van der Waals surface area contributed by atoms with Crippen molar-refractivity contribution in [2.24, 2.45) is 0 Å². The highest BCUT2D eigenvalue weighted by Crippen LogP contribution is 2.44. The van der Waals surface area contributed by atoms with Gasteiger partial charge in [0.1, 0.15) is 0 Å². The van der Waals surface area contributed by atoms with E-state index >= 15 is 0 Å². The third-order valence-corrected chi connectivity index (χ3v) is 8.04. The maximum atomic E-state index is 4.12. The van der Waals surface area contributed by atoms with E-state index in [1.165, 1.54) is 66.0 Å². The van der Waals surface area contributed by atoms with Crippen molar-refractivity contribution in [2.45, 2.75) is 6.42 Å². The van der Waals surface area contributed by atoms with Crippen molar-refractivity contribution in [1.82, 2.24) is 15.0 Å². The Labute approximate surface area is 231 Å². The molecule has 2 aromatic heterocycles. The molecular weight excluding hydrogens is 486 g/mol. The molecule has 0 saturated carbocycles. The Morgan fingerprint density at radius 1 is 0.500 bits per heavy atom. The summed E-state index contributed by atoms with van der Waals surface area (Å²) >= 11 is 0. The van der Waals surface area contributed by atoms with E-state index in [9.17, 15) is 0 Å². The minimum absolute atomic E-state index is 0.949. The highest BCUT2D eigenvalue weighted by Gasteiger charge is 2.22. The van der Waals surface area contributed by atoms with Gasteiger partial charge >= 0.3 is 0 Å². The lowest BCUT2D eigenvalue weighted by molar-refractivity contribution is 1.26. The number of para-hydroxylation sites is 3. The highest BCUT2D eigenvalue weighted by molar-refractivity contribution is 6.20. The largest absolute Gasteiger partial charge is 0.354 e. The number of aromatic amines is 1. The predicted molar refractivity (Wildman–Crippen MR) is 167 cm³/mol. The Hall–Kier alpha value is -5.28. The van der Waals surface area contributed by atoms with Gasteiger partial charge in [-0.05, 0) is 63.4 Å². The molecule has 0 unspecified atom stereocenters. The lowest BCUT2D eigenvalue weighted by atomic mass is 9.91. The average Bonchev–Trinajstić information content (AvgIpc) is 3.60. The van der Waals surface area contributed by atoms with Gasteiger partial charge in [0.15, 0.2) is 0 Å². The van der Waals surface area contributed by atoms with E-state index in [0.29, 0.717) is 0 Å². The molecule has 188 valence electrons. The van der Waals surface area contributed by atoms with Gasteiger partial charge in [-0.1, -0.05) is 103 Å². The van der Waals surface area contributed by atoms with Crippen LogP contribution in [0.25, 0.3) is 65.9 Å². The fourth-order valence-corrected chi connectivity index (χ4v) is 6.24. The number of aromatic nitrogens is 3. The van der Waals surface area contributed by atoms with Crippen molar-refractivity contribution in [3.63, 3.8) is 0 Å². The first-order chi connectivity index (χ1) is 19.8. The maximum Gasteiger partial charge on any atom is 0.0886 e. The van der Waals surface area contributed by atoms with E-state index < -0.39 is 0 Å². The second-order valence-corrected chi connectivity index (χ2v) is 10.3. The van der Waals surface area contributed by atoms with Gasteiger partial charge in [-0.15, -0.1) is 0 Å². The standard InChI is InChI=1S/C29H19N.C8H6N2/c1-2-9-20-19(7-1)17-26-21(20)11-6-12-22(26)24-13-5-8-18-15-16-25-23-10-3-4-14-27(23)30-29(25)28(18)24;1-2-4-8-7(3-1)9-5-6-10-8/h1-16,30H,17H2;1-6H. The third kappa shape index (κ3) is 3.59. The Kier molecular flexibility index (Phi) is 5.20. The molecule has 0 spiro atoms. The molecule has 9 rings (SSSR count). The number of hydrogen-bond donors (Lipinski definition) is 1. The SMILES string of the molecule is c1ccc2c(c1)Cc1c-2cccc1-c1cccc2ccc3c4ccccc4[nH]c3c12.c1ccc2nccnc2c1. The third-order valence-electron chi connectivity index (χ3n) is 8.04. The van der Waals surface area contributed by atoms with Crippen molar-refractivity contribution in [3.05, 3.63) is 145 Å². The van der Waals surface area contributed by atoms with Crippen molar-refractivity contribution >= 4 is 43.6 Å². The van der Waals surface area contributed by atoms with Crippen LogP contribution in [0.2, 0.25) is 0 Å². The Balaban J connectivity index is 0.000000207. The Bertz CT molecular complexity index is 2140. The van der Waals surface area contributed by atoms with Crippen LogP contribution in [0.1, 0.15) is 11.1 Å². The zero-order chi connectivity index (χ0) is 26.5. The first kappa shape index (κ1) is 22.7. The summed E-state index contributed by atoms with van der Waals surface area (Å²) in [4.78, 5) is 12.0. The molecule has 1 aliphatic rings. The van der Waals surface area contributed by atoms with Crippen LogP contribution in [0.15, 0.2) is 134 Å². The Morgan fingerprint density at radius 3 is 2.00 bits per heavy atom. The van der Waals surface area contributed by atoms with Gasteiger partial charge < -0.3 is 4.98 Å². The topological polar surface area (TPSA) is 41.6 Å². The first-order valence-electron chi connectivity index (χ1n) is 13.6. The molecule has 1 N–H and O–H groups in total. The van der Waals surface area contributed by atoms with E-state index in [4.69, 9.17) is 0 Å². The summed E-state index contributed by atoms with van der Waals surface area (Å²) in [5, 5.41) is 5.17. The van der Waals surface area contributed by atoms with E-state index in [1.54, 1.807) is 12.4 Å². The predicted octanol–water partition coefficient (Wildman–Crippen LogP) is 9.34. The van der Waals surface area contributed by atoms with Crippen molar-refractivity contribution in [3.8, 4) is 22.3 Å². The van der Waals surface area contributed by atoms with E-state index in [-0.39, 0.29) is 0 Å². The van der Waals surface area contributed by atoms with E-state index in [0.717, 1.165) is 17.5 Å². The first-order valence-corrected chi connectivity index (χ1v) is 13.6. The molecule has 0 aliphatic heterocycles. The molecule has 0 atom stereocenters. The molecule has 2 heterocycles. The number of rotatable bonds is 1. The second-order valence-electron chi connectivity index (χ2n) is 10.3. The van der Waals surface area contributed by atoms with Crippen LogP contribution in [0.5, 0.6) is 0 Å². The number of fused-ring (bicyclic) bond motifs is 9. The molecule has 40 heavy (non-hydrogen) atoms. The van der Waals surface area contributed by atoms with Gasteiger partial charge in [0.05, 0.1) is 16.6 Å². The molecule has 8 aromatic rings. The molecule has 0 radical (unpaired) electrons. The molecule has 0 amide bonds. The fraction of sp³-hybridized carbons (Fsp3) is 0.0270. The van der Waals surface area contributed by atoms with Crippen molar-refractivity contribution in [2.75, 3.05) is 0 Å². The monoisotopic (exact) mass is 511 g/mol. The van der Waals surface area contributed by atoms with Crippen molar-refractivity contribution < 1.29 is 0 Å². The van der Waals surface area contributed by atoms with Crippen LogP contribution in [-0.4, -0.2) is 15.0 Å². The van der Waals surface area contributed by atoms with Gasteiger partial charge in [-0.25, -0.2) is 0 Å². The quantitative estimate of drug-likeness (QED) is 0.238. The van der Waals surface area contributed by atoms with Crippen LogP contribution in [0.4, 0.5) is 0 Å².